The van der Waals surface area contributed by atoms with Gasteiger partial charge < -0.3 is 14.6 Å². The Bertz CT molecular complexity index is 488. The Hall–Kier alpha value is -1.78. The van der Waals surface area contributed by atoms with Gasteiger partial charge in [0.2, 0.25) is 11.8 Å². The molecule has 0 spiro atoms. The van der Waals surface area contributed by atoms with E-state index in [1.165, 1.54) is 0 Å². The summed E-state index contributed by atoms with van der Waals surface area (Å²) in [5, 5.41) is 2.85. The van der Waals surface area contributed by atoms with Gasteiger partial charge in [0, 0.05) is 13.0 Å². The van der Waals surface area contributed by atoms with Crippen LogP contribution in [0.1, 0.15) is 45.8 Å². The van der Waals surface area contributed by atoms with Crippen molar-refractivity contribution in [2.24, 2.45) is 5.41 Å². The summed E-state index contributed by atoms with van der Waals surface area (Å²) in [6.45, 7) is 7.14. The fourth-order valence-corrected chi connectivity index (χ4v) is 2.60. The van der Waals surface area contributed by atoms with E-state index in [4.69, 9.17) is 4.42 Å². The summed E-state index contributed by atoms with van der Waals surface area (Å²) in [6.07, 6.45) is 3.67. The number of likely N-dealkylation sites (tertiary alicyclic amines) is 1. The molecule has 1 aliphatic heterocycles. The van der Waals surface area contributed by atoms with Gasteiger partial charge >= 0.3 is 0 Å². The second-order valence-electron chi connectivity index (χ2n) is 6.78. The van der Waals surface area contributed by atoms with Crippen LogP contribution in [0.3, 0.4) is 0 Å². The van der Waals surface area contributed by atoms with Crippen LogP contribution < -0.4 is 5.32 Å². The molecule has 2 amide bonds. The van der Waals surface area contributed by atoms with Crippen LogP contribution in [0.25, 0.3) is 0 Å². The second kappa shape index (κ2) is 6.33. The van der Waals surface area contributed by atoms with Crippen LogP contribution in [-0.2, 0) is 16.1 Å². The molecule has 1 saturated heterocycles. The van der Waals surface area contributed by atoms with Crippen LogP contribution in [0.5, 0.6) is 0 Å². The highest BCUT2D eigenvalue weighted by Crippen LogP contribution is 2.24. The quantitative estimate of drug-likeness (QED) is 0.926. The number of carbonyl (C=O) groups is 2. The maximum absolute atomic E-state index is 12.3. The summed E-state index contributed by atoms with van der Waals surface area (Å²) >= 11 is 0. The molecule has 1 unspecified atom stereocenters. The first-order valence-corrected chi connectivity index (χ1v) is 7.46. The van der Waals surface area contributed by atoms with E-state index < -0.39 is 0 Å². The average molecular weight is 292 g/mol. The molecule has 2 rings (SSSR count). The molecule has 0 saturated carbocycles. The van der Waals surface area contributed by atoms with Crippen molar-refractivity contribution in [2.45, 2.75) is 52.6 Å². The first-order valence-electron chi connectivity index (χ1n) is 7.46. The average Bonchev–Trinajstić information content (AvgIpc) is 3.05. The van der Waals surface area contributed by atoms with E-state index in [9.17, 15) is 9.59 Å². The first-order chi connectivity index (χ1) is 9.87. The third kappa shape index (κ3) is 4.34. The lowest BCUT2D eigenvalue weighted by molar-refractivity contribution is -0.139. The summed E-state index contributed by atoms with van der Waals surface area (Å²) < 4.78 is 5.19. The van der Waals surface area contributed by atoms with Gasteiger partial charge in [0.25, 0.3) is 0 Å². The van der Waals surface area contributed by atoms with Crippen LogP contribution in [0.2, 0.25) is 0 Å². The number of rotatable bonds is 4. The number of nitrogens with zero attached hydrogens (tertiary/aromatic N) is 1. The van der Waals surface area contributed by atoms with Crippen LogP contribution >= 0.6 is 0 Å². The Morgan fingerprint density at radius 2 is 2.19 bits per heavy atom. The molecule has 1 aromatic rings. The minimum Gasteiger partial charge on any atom is -0.467 e. The third-order valence-corrected chi connectivity index (χ3v) is 3.57. The van der Waals surface area contributed by atoms with E-state index in [1.807, 2.05) is 26.8 Å². The summed E-state index contributed by atoms with van der Waals surface area (Å²) in [4.78, 5) is 26.3. The zero-order valence-corrected chi connectivity index (χ0v) is 13.0. The molecule has 1 N–H and O–H groups in total. The number of nitrogens with one attached hydrogen (secondary N) is 1. The van der Waals surface area contributed by atoms with Crippen molar-refractivity contribution in [2.75, 3.05) is 6.54 Å². The molecule has 1 fully saturated rings. The SMILES string of the molecule is CC(C)(C)CC(=O)N1CCCC1C(=O)NCc1ccco1. The molecule has 2 heterocycles. The Morgan fingerprint density at radius 3 is 2.81 bits per heavy atom. The fourth-order valence-electron chi connectivity index (χ4n) is 2.60. The predicted octanol–water partition coefficient (Wildman–Crippen LogP) is 2.32. The predicted molar refractivity (Wildman–Crippen MR) is 79.4 cm³/mol. The van der Waals surface area contributed by atoms with Crippen molar-refractivity contribution >= 4 is 11.8 Å². The van der Waals surface area contributed by atoms with Gasteiger partial charge in [0.05, 0.1) is 12.8 Å². The second-order valence-corrected chi connectivity index (χ2v) is 6.78. The topological polar surface area (TPSA) is 62.6 Å². The molecule has 5 heteroatoms. The van der Waals surface area contributed by atoms with Gasteiger partial charge in [-0.25, -0.2) is 0 Å². The highest BCUT2D eigenvalue weighted by atomic mass is 16.3. The Kier molecular flexibility index (Phi) is 4.70. The van der Waals surface area contributed by atoms with Gasteiger partial charge in [0.15, 0.2) is 0 Å². The number of furan rings is 1. The van der Waals surface area contributed by atoms with Gasteiger partial charge in [-0.1, -0.05) is 20.8 Å². The maximum atomic E-state index is 12.3. The van der Waals surface area contributed by atoms with Crippen LogP contribution in [0.4, 0.5) is 0 Å². The molecule has 21 heavy (non-hydrogen) atoms. The van der Waals surface area contributed by atoms with Crippen LogP contribution in [0, 0.1) is 5.41 Å². The van der Waals surface area contributed by atoms with E-state index in [0.29, 0.717) is 25.3 Å². The van der Waals surface area contributed by atoms with E-state index in [-0.39, 0.29) is 23.3 Å². The smallest absolute Gasteiger partial charge is 0.243 e. The molecule has 5 nitrogen and oxygen atoms in total. The molecular formula is C16H24N2O3. The van der Waals surface area contributed by atoms with Gasteiger partial charge in [0.1, 0.15) is 11.8 Å². The van der Waals surface area contributed by atoms with E-state index in [2.05, 4.69) is 5.32 Å². The Morgan fingerprint density at radius 1 is 1.43 bits per heavy atom. The largest absolute Gasteiger partial charge is 0.467 e. The van der Waals surface area contributed by atoms with Crippen molar-refractivity contribution in [1.82, 2.24) is 10.2 Å². The maximum Gasteiger partial charge on any atom is 0.243 e. The fraction of sp³-hybridized carbons (Fsp3) is 0.625. The highest BCUT2D eigenvalue weighted by molar-refractivity contribution is 5.88. The molecule has 116 valence electrons. The molecule has 0 bridgehead atoms. The summed E-state index contributed by atoms with van der Waals surface area (Å²) in [6, 6.07) is 3.27. The monoisotopic (exact) mass is 292 g/mol. The molecule has 0 radical (unpaired) electrons. The highest BCUT2D eigenvalue weighted by Gasteiger charge is 2.35. The summed E-state index contributed by atoms with van der Waals surface area (Å²) in [5.74, 6) is 0.693. The molecule has 0 aliphatic carbocycles. The number of carbonyl (C=O) groups excluding carboxylic acids is 2. The lowest BCUT2D eigenvalue weighted by Gasteiger charge is -2.27. The van der Waals surface area contributed by atoms with Crippen LogP contribution in [0.15, 0.2) is 22.8 Å². The lowest BCUT2D eigenvalue weighted by Crippen LogP contribution is -2.46. The summed E-state index contributed by atoms with van der Waals surface area (Å²) in [5.41, 5.74) is -0.0606. The van der Waals surface area contributed by atoms with Crippen molar-refractivity contribution in [3.63, 3.8) is 0 Å². The minimum atomic E-state index is -0.338. The lowest BCUT2D eigenvalue weighted by atomic mass is 9.91. The van der Waals surface area contributed by atoms with Crippen molar-refractivity contribution in [3.05, 3.63) is 24.2 Å². The molecule has 0 aromatic carbocycles. The van der Waals surface area contributed by atoms with Crippen molar-refractivity contribution in [1.29, 1.82) is 0 Å². The first kappa shape index (κ1) is 15.6. The zero-order valence-electron chi connectivity index (χ0n) is 13.0. The normalized spacial score (nSPS) is 18.8. The van der Waals surface area contributed by atoms with Crippen molar-refractivity contribution < 1.29 is 14.0 Å². The number of hydrogen-bond acceptors (Lipinski definition) is 3. The van der Waals surface area contributed by atoms with Crippen molar-refractivity contribution in [3.8, 4) is 0 Å². The minimum absolute atomic E-state index is 0.0606. The van der Waals surface area contributed by atoms with E-state index in [0.717, 1.165) is 12.8 Å². The van der Waals surface area contributed by atoms with Gasteiger partial charge in [-0.05, 0) is 30.4 Å². The van der Waals surface area contributed by atoms with E-state index in [1.54, 1.807) is 17.2 Å². The Balaban J connectivity index is 1.91. The van der Waals surface area contributed by atoms with Gasteiger partial charge in [-0.2, -0.15) is 0 Å². The molecule has 1 atom stereocenters. The van der Waals surface area contributed by atoms with E-state index >= 15 is 0 Å². The molecule has 1 aliphatic rings. The number of hydrogen-bond donors (Lipinski definition) is 1. The zero-order chi connectivity index (χ0) is 15.5. The molecule has 1 aromatic heterocycles. The Labute approximate surface area is 125 Å². The standard InChI is InChI=1S/C16H24N2O3/c1-16(2,3)10-14(19)18-8-4-7-13(18)15(20)17-11-12-6-5-9-21-12/h5-6,9,13H,4,7-8,10-11H2,1-3H3,(H,17,20). The third-order valence-electron chi connectivity index (χ3n) is 3.57. The molecular weight excluding hydrogens is 268 g/mol. The van der Waals surface area contributed by atoms with Gasteiger partial charge in [-0.15, -0.1) is 0 Å². The van der Waals surface area contributed by atoms with Gasteiger partial charge in [-0.3, -0.25) is 9.59 Å². The van der Waals surface area contributed by atoms with Crippen LogP contribution in [-0.4, -0.2) is 29.3 Å². The number of amides is 2. The summed E-state index contributed by atoms with van der Waals surface area (Å²) in [7, 11) is 0.